The molecule has 2 fully saturated rings. The largest absolute Gasteiger partial charge is 0.493 e. The number of hydrogen-bond donors (Lipinski definition) is 1. The molecule has 2 aromatic rings. The number of aliphatic hydroxyl groups is 1. The molecule has 0 atom stereocenters. The fraction of sp³-hybridized carbons (Fsp3) is 0.500. The number of hydrogen-bond acceptors (Lipinski definition) is 4. The minimum Gasteiger partial charge on any atom is -0.493 e. The van der Waals surface area contributed by atoms with Crippen molar-refractivity contribution in [1.29, 1.82) is 0 Å². The van der Waals surface area contributed by atoms with Crippen LogP contribution < -0.4 is 9.47 Å². The molecule has 1 aliphatic heterocycles. The Kier molecular flexibility index (Phi) is 6.07. The van der Waals surface area contributed by atoms with Gasteiger partial charge in [-0.15, -0.1) is 0 Å². The van der Waals surface area contributed by atoms with E-state index >= 15 is 0 Å². The summed E-state index contributed by atoms with van der Waals surface area (Å²) in [6.07, 6.45) is 6.04. The van der Waals surface area contributed by atoms with Gasteiger partial charge >= 0.3 is 0 Å². The number of benzene rings is 2. The van der Waals surface area contributed by atoms with E-state index in [1.807, 2.05) is 12.1 Å². The lowest BCUT2D eigenvalue weighted by Gasteiger charge is -2.38. The van der Waals surface area contributed by atoms with Crippen molar-refractivity contribution in [3.05, 3.63) is 59.4 Å². The second kappa shape index (κ2) is 8.72. The van der Waals surface area contributed by atoms with E-state index in [0.717, 1.165) is 36.4 Å². The molecule has 0 amide bonds. The molecule has 29 heavy (non-hydrogen) atoms. The Morgan fingerprint density at radius 1 is 1.07 bits per heavy atom. The lowest BCUT2D eigenvalue weighted by Crippen LogP contribution is -2.42. The van der Waals surface area contributed by atoms with Gasteiger partial charge in [0.05, 0.1) is 18.8 Å². The molecule has 0 spiro atoms. The molecule has 0 aromatic heterocycles. The molecule has 4 rings (SSSR count). The normalized spacial score (nSPS) is 20.0. The summed E-state index contributed by atoms with van der Waals surface area (Å²) < 4.78 is 25.8. The number of methoxy groups -OCH3 is 1. The van der Waals surface area contributed by atoms with E-state index in [2.05, 4.69) is 11.0 Å². The second-order valence-corrected chi connectivity index (χ2v) is 8.30. The Morgan fingerprint density at radius 3 is 2.48 bits per heavy atom. The van der Waals surface area contributed by atoms with Crippen molar-refractivity contribution in [3.63, 3.8) is 0 Å². The third-order valence-corrected chi connectivity index (χ3v) is 6.29. The van der Waals surface area contributed by atoms with Crippen LogP contribution in [0.4, 0.5) is 4.39 Å². The molecule has 156 valence electrons. The van der Waals surface area contributed by atoms with Crippen LogP contribution in [-0.2, 0) is 12.1 Å². The van der Waals surface area contributed by atoms with Gasteiger partial charge in [-0.1, -0.05) is 24.3 Å². The Hall–Kier alpha value is -2.11. The van der Waals surface area contributed by atoms with Crippen LogP contribution in [0.5, 0.6) is 11.5 Å². The van der Waals surface area contributed by atoms with Crippen LogP contribution in [0.2, 0.25) is 0 Å². The number of likely N-dealkylation sites (tertiary alicyclic amines) is 1. The van der Waals surface area contributed by atoms with Gasteiger partial charge in [0.1, 0.15) is 5.82 Å². The molecular formula is C24H30FNO3. The molecule has 4 nitrogen and oxygen atoms in total. The van der Waals surface area contributed by atoms with E-state index < -0.39 is 5.60 Å². The summed E-state index contributed by atoms with van der Waals surface area (Å²) >= 11 is 0. The minimum atomic E-state index is -1.08. The van der Waals surface area contributed by atoms with Gasteiger partial charge in [0, 0.05) is 25.2 Å². The number of ether oxygens (including phenoxy) is 2. The molecule has 0 radical (unpaired) electrons. The van der Waals surface area contributed by atoms with E-state index in [1.165, 1.54) is 18.9 Å². The summed E-state index contributed by atoms with van der Waals surface area (Å²) in [5, 5.41) is 11.0. The van der Waals surface area contributed by atoms with E-state index in [0.29, 0.717) is 37.6 Å². The third-order valence-electron chi connectivity index (χ3n) is 6.29. The van der Waals surface area contributed by atoms with Crippen LogP contribution in [0, 0.1) is 5.82 Å². The Bertz CT molecular complexity index is 827. The van der Waals surface area contributed by atoms with Crippen LogP contribution in [0.15, 0.2) is 42.5 Å². The molecule has 2 aliphatic rings. The summed E-state index contributed by atoms with van der Waals surface area (Å²) in [6.45, 7) is 2.20. The van der Waals surface area contributed by atoms with Crippen molar-refractivity contribution in [1.82, 2.24) is 4.90 Å². The van der Waals surface area contributed by atoms with Gasteiger partial charge in [0.15, 0.2) is 11.5 Å². The standard InChI is InChI=1S/C24H30FNO3/c1-28-23-16-18(10-11-22(23)29-19-6-2-3-7-19)17-26-14-12-24(27,13-15-26)20-8-4-5-9-21(20)25/h4-5,8-11,16,19,27H,2-3,6-7,12-15,17H2,1H3. The first-order valence-corrected chi connectivity index (χ1v) is 10.6. The van der Waals surface area contributed by atoms with Crippen molar-refractivity contribution in [2.45, 2.75) is 56.8 Å². The summed E-state index contributed by atoms with van der Waals surface area (Å²) in [5.74, 6) is 1.26. The molecule has 0 bridgehead atoms. The van der Waals surface area contributed by atoms with Gasteiger partial charge in [0.2, 0.25) is 0 Å². The van der Waals surface area contributed by atoms with Crippen molar-refractivity contribution >= 4 is 0 Å². The molecule has 0 unspecified atom stereocenters. The first kappa shape index (κ1) is 20.2. The molecule has 1 heterocycles. The number of nitrogens with zero attached hydrogens (tertiary/aromatic N) is 1. The van der Waals surface area contributed by atoms with E-state index in [-0.39, 0.29) is 5.82 Å². The van der Waals surface area contributed by atoms with Gasteiger partial charge in [-0.2, -0.15) is 0 Å². The number of rotatable bonds is 6. The highest BCUT2D eigenvalue weighted by Gasteiger charge is 2.35. The fourth-order valence-electron chi connectivity index (χ4n) is 4.54. The molecule has 1 N–H and O–H groups in total. The zero-order valence-corrected chi connectivity index (χ0v) is 17.1. The van der Waals surface area contributed by atoms with E-state index in [1.54, 1.807) is 25.3 Å². The molecule has 1 saturated carbocycles. The van der Waals surface area contributed by atoms with E-state index in [4.69, 9.17) is 9.47 Å². The lowest BCUT2D eigenvalue weighted by atomic mass is 9.84. The van der Waals surface area contributed by atoms with Gasteiger partial charge in [-0.25, -0.2) is 4.39 Å². The molecular weight excluding hydrogens is 369 g/mol. The first-order valence-electron chi connectivity index (χ1n) is 10.6. The van der Waals surface area contributed by atoms with Crippen LogP contribution in [0.3, 0.4) is 0 Å². The maximum absolute atomic E-state index is 14.1. The van der Waals surface area contributed by atoms with Gasteiger partial charge in [-0.05, 0) is 62.3 Å². The zero-order valence-electron chi connectivity index (χ0n) is 17.1. The maximum Gasteiger partial charge on any atom is 0.161 e. The highest BCUT2D eigenvalue weighted by Crippen LogP contribution is 2.36. The average Bonchev–Trinajstić information content (AvgIpc) is 3.24. The Balaban J connectivity index is 1.38. The van der Waals surface area contributed by atoms with Crippen LogP contribution >= 0.6 is 0 Å². The fourth-order valence-corrected chi connectivity index (χ4v) is 4.54. The highest BCUT2D eigenvalue weighted by atomic mass is 19.1. The zero-order chi connectivity index (χ0) is 20.3. The van der Waals surface area contributed by atoms with Crippen molar-refractivity contribution in [2.24, 2.45) is 0 Å². The molecule has 1 aliphatic carbocycles. The molecule has 5 heteroatoms. The quantitative estimate of drug-likeness (QED) is 0.768. The number of halogens is 1. The van der Waals surface area contributed by atoms with Crippen molar-refractivity contribution in [2.75, 3.05) is 20.2 Å². The minimum absolute atomic E-state index is 0.299. The number of piperidine rings is 1. The summed E-state index contributed by atoms with van der Waals surface area (Å²) in [6, 6.07) is 12.7. The smallest absolute Gasteiger partial charge is 0.161 e. The third kappa shape index (κ3) is 4.57. The maximum atomic E-state index is 14.1. The molecule has 2 aromatic carbocycles. The van der Waals surface area contributed by atoms with Crippen LogP contribution in [-0.4, -0.2) is 36.3 Å². The Morgan fingerprint density at radius 2 is 1.79 bits per heavy atom. The average molecular weight is 400 g/mol. The van der Waals surface area contributed by atoms with Gasteiger partial charge < -0.3 is 14.6 Å². The predicted molar refractivity (Wildman–Crippen MR) is 111 cm³/mol. The summed E-state index contributed by atoms with van der Waals surface area (Å²) in [5.41, 5.74) is 0.477. The first-order chi connectivity index (χ1) is 14.1. The van der Waals surface area contributed by atoms with Crippen molar-refractivity contribution < 1.29 is 19.0 Å². The van der Waals surface area contributed by atoms with Crippen LogP contribution in [0.1, 0.15) is 49.7 Å². The predicted octanol–water partition coefficient (Wildman–Crippen LogP) is 4.64. The summed E-state index contributed by atoms with van der Waals surface area (Å²) in [4.78, 5) is 2.29. The van der Waals surface area contributed by atoms with Gasteiger partial charge in [0.25, 0.3) is 0 Å². The molecule has 1 saturated heterocycles. The Labute approximate surface area is 172 Å². The second-order valence-electron chi connectivity index (χ2n) is 8.30. The van der Waals surface area contributed by atoms with Crippen molar-refractivity contribution in [3.8, 4) is 11.5 Å². The monoisotopic (exact) mass is 399 g/mol. The van der Waals surface area contributed by atoms with Crippen LogP contribution in [0.25, 0.3) is 0 Å². The lowest BCUT2D eigenvalue weighted by molar-refractivity contribution is -0.0302. The highest BCUT2D eigenvalue weighted by molar-refractivity contribution is 5.43. The SMILES string of the molecule is COc1cc(CN2CCC(O)(c3ccccc3F)CC2)ccc1OC1CCCC1. The topological polar surface area (TPSA) is 41.9 Å². The van der Waals surface area contributed by atoms with Gasteiger partial charge in [-0.3, -0.25) is 4.90 Å². The van der Waals surface area contributed by atoms with E-state index in [9.17, 15) is 9.50 Å². The summed E-state index contributed by atoms with van der Waals surface area (Å²) in [7, 11) is 1.68.